The third-order valence-electron chi connectivity index (χ3n) is 2.27. The molecule has 100 valence electrons. The van der Waals surface area contributed by atoms with Gasteiger partial charge in [-0.3, -0.25) is 0 Å². The van der Waals surface area contributed by atoms with E-state index in [1.165, 1.54) is 4.68 Å². The fraction of sp³-hybridized carbons (Fsp3) is 0.182. The molecule has 19 heavy (non-hydrogen) atoms. The van der Waals surface area contributed by atoms with Crippen LogP contribution < -0.4 is 4.74 Å². The predicted molar refractivity (Wildman–Crippen MR) is 76.2 cm³/mol. The van der Waals surface area contributed by atoms with Crippen molar-refractivity contribution in [2.45, 2.75) is 6.54 Å². The molecule has 2 rings (SSSR count). The number of nitrogens with zero attached hydrogens (tertiary/aromatic N) is 3. The van der Waals surface area contributed by atoms with E-state index in [2.05, 4.69) is 37.0 Å². The van der Waals surface area contributed by atoms with Gasteiger partial charge in [-0.15, -0.1) is 0 Å². The lowest BCUT2D eigenvalue weighted by Crippen LogP contribution is -2.08. The molecular weight excluding hydrogens is 382 g/mol. The fourth-order valence-corrected chi connectivity index (χ4v) is 2.14. The van der Waals surface area contributed by atoms with Crippen LogP contribution in [0.2, 0.25) is 0 Å². The second-order valence-corrected chi connectivity index (χ2v) is 5.39. The smallest absolute Gasteiger partial charge is 0.404 e. The van der Waals surface area contributed by atoms with E-state index in [1.54, 1.807) is 6.20 Å². The third kappa shape index (κ3) is 3.77. The number of aromatic nitrogens is 2. The van der Waals surface area contributed by atoms with Gasteiger partial charge in [0.2, 0.25) is 0 Å². The zero-order valence-corrected chi connectivity index (χ0v) is 12.8. The Kier molecular flexibility index (Phi) is 4.54. The minimum absolute atomic E-state index is 0.191. The van der Waals surface area contributed by atoms with Crippen LogP contribution in [0.15, 0.2) is 39.4 Å². The SMILES string of the molecule is O=[N+]([O-])c1nn(CCOc2ccc(Br)cc2)cc1Br. The van der Waals surface area contributed by atoms with Crippen molar-refractivity contribution >= 4 is 37.7 Å². The molecule has 0 spiro atoms. The number of ether oxygens (including phenoxy) is 1. The number of benzene rings is 1. The van der Waals surface area contributed by atoms with Crippen LogP contribution in [0, 0.1) is 10.1 Å². The topological polar surface area (TPSA) is 70.2 Å². The van der Waals surface area contributed by atoms with Crippen LogP contribution >= 0.6 is 31.9 Å². The molecule has 0 aliphatic heterocycles. The minimum Gasteiger partial charge on any atom is -0.492 e. The highest BCUT2D eigenvalue weighted by Gasteiger charge is 2.18. The van der Waals surface area contributed by atoms with Crippen LogP contribution in [0.4, 0.5) is 5.82 Å². The normalized spacial score (nSPS) is 10.4. The molecule has 1 aromatic carbocycles. The average Bonchev–Trinajstić information content (AvgIpc) is 2.73. The Morgan fingerprint density at radius 1 is 1.32 bits per heavy atom. The van der Waals surface area contributed by atoms with E-state index < -0.39 is 4.92 Å². The molecule has 8 heteroatoms. The van der Waals surface area contributed by atoms with Crippen molar-refractivity contribution in [3.63, 3.8) is 0 Å². The Morgan fingerprint density at radius 3 is 2.58 bits per heavy atom. The van der Waals surface area contributed by atoms with E-state index in [1.807, 2.05) is 24.3 Å². The van der Waals surface area contributed by atoms with E-state index >= 15 is 0 Å². The molecule has 0 saturated heterocycles. The van der Waals surface area contributed by atoms with E-state index in [0.717, 1.165) is 10.2 Å². The van der Waals surface area contributed by atoms with Gasteiger partial charge < -0.3 is 14.9 Å². The molecule has 0 atom stereocenters. The first-order valence-electron chi connectivity index (χ1n) is 5.32. The van der Waals surface area contributed by atoms with Gasteiger partial charge >= 0.3 is 5.82 Å². The van der Waals surface area contributed by atoms with E-state index in [-0.39, 0.29) is 5.82 Å². The van der Waals surface area contributed by atoms with Gasteiger partial charge in [-0.2, -0.15) is 4.68 Å². The Balaban J connectivity index is 1.90. The van der Waals surface area contributed by atoms with Crippen molar-refractivity contribution in [3.05, 3.63) is 49.5 Å². The zero-order valence-electron chi connectivity index (χ0n) is 9.62. The van der Waals surface area contributed by atoms with Gasteiger partial charge in [0.25, 0.3) is 0 Å². The summed E-state index contributed by atoms with van der Waals surface area (Å²) in [6.45, 7) is 0.815. The second kappa shape index (κ2) is 6.16. The monoisotopic (exact) mass is 389 g/mol. The Hall–Kier alpha value is -1.41. The number of hydrogen-bond donors (Lipinski definition) is 0. The lowest BCUT2D eigenvalue weighted by Gasteiger charge is -2.04. The molecule has 6 nitrogen and oxygen atoms in total. The minimum atomic E-state index is -0.532. The average molecular weight is 391 g/mol. The molecule has 0 aliphatic rings. The highest BCUT2D eigenvalue weighted by Crippen LogP contribution is 2.22. The van der Waals surface area contributed by atoms with Crippen molar-refractivity contribution in [2.24, 2.45) is 0 Å². The molecule has 0 unspecified atom stereocenters. The number of hydrogen-bond acceptors (Lipinski definition) is 4. The predicted octanol–water partition coefficient (Wildman–Crippen LogP) is 3.40. The molecule has 0 radical (unpaired) electrons. The summed E-state index contributed by atoms with van der Waals surface area (Å²) in [5.41, 5.74) is 0. The molecule has 0 bridgehead atoms. The van der Waals surface area contributed by atoms with E-state index in [9.17, 15) is 10.1 Å². The fourth-order valence-electron chi connectivity index (χ4n) is 1.41. The first kappa shape index (κ1) is 14.0. The number of rotatable bonds is 5. The summed E-state index contributed by atoms with van der Waals surface area (Å²) in [5, 5.41) is 14.5. The summed E-state index contributed by atoms with van der Waals surface area (Å²) in [5.74, 6) is 0.549. The standard InChI is InChI=1S/C11H9Br2N3O3/c12-8-1-3-9(4-2-8)19-6-5-15-7-10(13)11(14-15)16(17)18/h1-4,7H,5-6H2. The Morgan fingerprint density at radius 2 is 2.00 bits per heavy atom. The molecule has 1 aromatic heterocycles. The van der Waals surface area contributed by atoms with Crippen molar-refractivity contribution in [2.75, 3.05) is 6.61 Å². The van der Waals surface area contributed by atoms with Crippen LogP contribution in [0.25, 0.3) is 0 Å². The van der Waals surface area contributed by atoms with Gasteiger partial charge in [0.05, 0.1) is 17.8 Å². The van der Waals surface area contributed by atoms with Crippen molar-refractivity contribution in [1.29, 1.82) is 0 Å². The van der Waals surface area contributed by atoms with Gasteiger partial charge in [-0.05, 0) is 45.1 Å². The number of halogens is 2. The summed E-state index contributed by atoms with van der Waals surface area (Å²) in [6.07, 6.45) is 1.56. The highest BCUT2D eigenvalue weighted by molar-refractivity contribution is 9.10. The van der Waals surface area contributed by atoms with Crippen LogP contribution in [0.3, 0.4) is 0 Å². The first-order valence-corrected chi connectivity index (χ1v) is 6.90. The van der Waals surface area contributed by atoms with Gasteiger partial charge in [0, 0.05) is 4.47 Å². The van der Waals surface area contributed by atoms with Gasteiger partial charge in [-0.25, -0.2) is 0 Å². The lowest BCUT2D eigenvalue weighted by molar-refractivity contribution is -0.390. The third-order valence-corrected chi connectivity index (χ3v) is 3.36. The lowest BCUT2D eigenvalue weighted by atomic mass is 10.3. The summed E-state index contributed by atoms with van der Waals surface area (Å²) in [7, 11) is 0. The van der Waals surface area contributed by atoms with Crippen LogP contribution in [0.1, 0.15) is 0 Å². The van der Waals surface area contributed by atoms with Crippen LogP contribution in [0.5, 0.6) is 5.75 Å². The quantitative estimate of drug-likeness (QED) is 0.579. The molecular formula is C11H9Br2N3O3. The molecule has 0 amide bonds. The molecule has 2 aromatic rings. The molecule has 0 aliphatic carbocycles. The molecule has 0 saturated carbocycles. The van der Waals surface area contributed by atoms with Crippen molar-refractivity contribution in [3.8, 4) is 5.75 Å². The molecule has 0 fully saturated rings. The summed E-state index contributed by atoms with van der Waals surface area (Å²) in [6, 6.07) is 7.44. The maximum absolute atomic E-state index is 10.6. The van der Waals surface area contributed by atoms with Gasteiger partial charge in [0.1, 0.15) is 16.8 Å². The number of nitro groups is 1. The van der Waals surface area contributed by atoms with Crippen LogP contribution in [-0.2, 0) is 6.54 Å². The maximum atomic E-state index is 10.6. The van der Waals surface area contributed by atoms with E-state index in [0.29, 0.717) is 17.6 Å². The summed E-state index contributed by atoms with van der Waals surface area (Å²) in [4.78, 5) is 10.1. The van der Waals surface area contributed by atoms with Crippen molar-refractivity contribution in [1.82, 2.24) is 9.78 Å². The summed E-state index contributed by atoms with van der Waals surface area (Å²) >= 11 is 6.43. The molecule has 1 heterocycles. The first-order chi connectivity index (χ1) is 9.06. The van der Waals surface area contributed by atoms with E-state index in [4.69, 9.17) is 4.74 Å². The zero-order chi connectivity index (χ0) is 13.8. The largest absolute Gasteiger partial charge is 0.492 e. The molecule has 0 N–H and O–H groups in total. The van der Waals surface area contributed by atoms with Crippen molar-refractivity contribution < 1.29 is 9.66 Å². The summed E-state index contributed by atoms with van der Waals surface area (Å²) < 4.78 is 8.32. The van der Waals surface area contributed by atoms with Crippen LogP contribution in [-0.4, -0.2) is 21.3 Å². The van der Waals surface area contributed by atoms with Gasteiger partial charge in [-0.1, -0.05) is 15.9 Å². The Labute approximate surface area is 125 Å². The maximum Gasteiger partial charge on any atom is 0.404 e. The Bertz CT molecular complexity index is 583. The highest BCUT2D eigenvalue weighted by atomic mass is 79.9. The van der Waals surface area contributed by atoms with Gasteiger partial charge in [0.15, 0.2) is 0 Å². The second-order valence-electron chi connectivity index (χ2n) is 3.62.